The lowest BCUT2D eigenvalue weighted by Gasteiger charge is -2.06. The maximum Gasteiger partial charge on any atom is 0.267 e. The number of fused-ring (bicyclic) bond motifs is 1. The molecule has 0 saturated carbocycles. The van der Waals surface area contributed by atoms with Gasteiger partial charge in [-0.15, -0.1) is 0 Å². The highest BCUT2D eigenvalue weighted by atomic mass is 16.5. The number of hydrogen-bond donors (Lipinski definition) is 0. The van der Waals surface area contributed by atoms with Crippen LogP contribution >= 0.6 is 0 Å². The molecule has 0 aliphatic heterocycles. The molecule has 1 aromatic carbocycles. The molecule has 8 nitrogen and oxygen atoms in total. The predicted molar refractivity (Wildman–Crippen MR) is 111 cm³/mol. The van der Waals surface area contributed by atoms with E-state index in [9.17, 15) is 4.79 Å². The summed E-state index contributed by atoms with van der Waals surface area (Å²) in [6, 6.07) is 19.0. The van der Waals surface area contributed by atoms with Gasteiger partial charge < -0.3 is 4.52 Å². The van der Waals surface area contributed by atoms with Crippen LogP contribution in [0.2, 0.25) is 0 Å². The number of benzene rings is 1. The third-order valence-corrected chi connectivity index (χ3v) is 4.81. The zero-order valence-corrected chi connectivity index (χ0v) is 16.3. The Bertz CT molecular complexity index is 1380. The van der Waals surface area contributed by atoms with E-state index in [0.29, 0.717) is 23.8 Å². The van der Waals surface area contributed by atoms with E-state index in [1.54, 1.807) is 6.07 Å². The van der Waals surface area contributed by atoms with Gasteiger partial charge in [0.05, 0.1) is 16.8 Å². The van der Waals surface area contributed by atoms with E-state index in [-0.39, 0.29) is 12.1 Å². The first-order valence-corrected chi connectivity index (χ1v) is 9.65. The Balaban J connectivity index is 1.66. The van der Waals surface area contributed by atoms with Crippen LogP contribution in [0.4, 0.5) is 0 Å². The zero-order chi connectivity index (χ0) is 20.5. The van der Waals surface area contributed by atoms with Crippen molar-refractivity contribution in [2.75, 3.05) is 0 Å². The first-order chi connectivity index (χ1) is 14.7. The second-order valence-corrected chi connectivity index (χ2v) is 6.79. The molecular formula is C22H18N6O2. The summed E-state index contributed by atoms with van der Waals surface area (Å²) in [5, 5.41) is 13.3. The molecule has 0 radical (unpaired) electrons. The molecule has 0 spiro atoms. The molecule has 4 heterocycles. The minimum Gasteiger partial charge on any atom is -0.339 e. The Morgan fingerprint density at radius 2 is 1.80 bits per heavy atom. The van der Waals surface area contributed by atoms with E-state index in [1.165, 1.54) is 10.7 Å². The average Bonchev–Trinajstić information content (AvgIpc) is 3.40. The maximum absolute atomic E-state index is 12.4. The minimum atomic E-state index is -0.237. The smallest absolute Gasteiger partial charge is 0.267 e. The van der Waals surface area contributed by atoms with Gasteiger partial charge >= 0.3 is 0 Å². The predicted octanol–water partition coefficient (Wildman–Crippen LogP) is 3.22. The second kappa shape index (κ2) is 7.40. The Morgan fingerprint density at radius 1 is 0.967 bits per heavy atom. The van der Waals surface area contributed by atoms with E-state index >= 15 is 0 Å². The van der Waals surface area contributed by atoms with E-state index < -0.39 is 0 Å². The Morgan fingerprint density at radius 3 is 2.60 bits per heavy atom. The molecule has 5 rings (SSSR count). The van der Waals surface area contributed by atoms with Gasteiger partial charge in [0.15, 0.2) is 5.82 Å². The third-order valence-electron chi connectivity index (χ3n) is 4.81. The van der Waals surface area contributed by atoms with Gasteiger partial charge in [0.1, 0.15) is 12.2 Å². The number of aryl methyl sites for hydroxylation is 1. The molecule has 0 bridgehead atoms. The molecule has 0 N–H and O–H groups in total. The largest absolute Gasteiger partial charge is 0.339 e. The van der Waals surface area contributed by atoms with E-state index in [0.717, 1.165) is 22.3 Å². The normalized spacial score (nSPS) is 11.2. The number of nitrogens with zero attached hydrogens (tertiary/aromatic N) is 6. The quantitative estimate of drug-likeness (QED) is 0.451. The molecule has 0 atom stereocenters. The summed E-state index contributed by atoms with van der Waals surface area (Å²) in [5.74, 6) is 0.949. The zero-order valence-electron chi connectivity index (χ0n) is 16.3. The van der Waals surface area contributed by atoms with Gasteiger partial charge in [-0.1, -0.05) is 48.5 Å². The van der Waals surface area contributed by atoms with Crippen LogP contribution in [0, 0.1) is 0 Å². The minimum absolute atomic E-state index is 0.135. The fourth-order valence-electron chi connectivity index (χ4n) is 3.38. The highest BCUT2D eigenvalue weighted by Gasteiger charge is 2.18. The first-order valence-electron chi connectivity index (χ1n) is 9.65. The van der Waals surface area contributed by atoms with Crippen molar-refractivity contribution in [2.24, 2.45) is 0 Å². The Labute approximate surface area is 171 Å². The lowest BCUT2D eigenvalue weighted by atomic mass is 10.0. The summed E-state index contributed by atoms with van der Waals surface area (Å²) in [4.78, 5) is 16.7. The van der Waals surface area contributed by atoms with Crippen molar-refractivity contribution in [2.45, 2.75) is 19.9 Å². The van der Waals surface area contributed by atoms with Gasteiger partial charge in [-0.3, -0.25) is 4.79 Å². The molecule has 4 aromatic heterocycles. The van der Waals surface area contributed by atoms with Crippen LogP contribution in [-0.2, 0) is 13.0 Å². The number of rotatable bonds is 5. The van der Waals surface area contributed by atoms with Gasteiger partial charge in [-0.2, -0.15) is 15.2 Å². The van der Waals surface area contributed by atoms with Crippen molar-refractivity contribution in [3.8, 4) is 22.5 Å². The van der Waals surface area contributed by atoms with E-state index in [2.05, 4.69) is 15.2 Å². The third kappa shape index (κ3) is 3.18. The van der Waals surface area contributed by atoms with Crippen molar-refractivity contribution in [1.82, 2.24) is 29.5 Å². The van der Waals surface area contributed by atoms with E-state index in [1.807, 2.05) is 66.2 Å². The summed E-state index contributed by atoms with van der Waals surface area (Å²) in [5.41, 5.74) is 3.95. The van der Waals surface area contributed by atoms with Crippen LogP contribution in [0.5, 0.6) is 0 Å². The highest BCUT2D eigenvalue weighted by molar-refractivity contribution is 5.90. The van der Waals surface area contributed by atoms with Crippen molar-refractivity contribution < 1.29 is 4.52 Å². The molecule has 0 aliphatic rings. The van der Waals surface area contributed by atoms with Crippen LogP contribution in [0.3, 0.4) is 0 Å². The Kier molecular flexibility index (Phi) is 4.44. The van der Waals surface area contributed by atoms with Gasteiger partial charge in [0.2, 0.25) is 5.89 Å². The molecular weight excluding hydrogens is 380 g/mol. The molecule has 0 fully saturated rings. The second-order valence-electron chi connectivity index (χ2n) is 6.79. The molecule has 0 saturated heterocycles. The molecule has 148 valence electrons. The molecule has 0 amide bonds. The monoisotopic (exact) mass is 398 g/mol. The topological polar surface area (TPSA) is 91.1 Å². The fourth-order valence-corrected chi connectivity index (χ4v) is 3.38. The summed E-state index contributed by atoms with van der Waals surface area (Å²) in [7, 11) is 0. The summed E-state index contributed by atoms with van der Waals surface area (Å²) < 4.78 is 8.31. The van der Waals surface area contributed by atoms with Crippen molar-refractivity contribution in [1.29, 1.82) is 0 Å². The van der Waals surface area contributed by atoms with Crippen LogP contribution in [-0.4, -0.2) is 29.5 Å². The standard InChI is InChI=1S/C22H18N6O2/c1-2-19-23-18(26-30-19)14-28-20(29)12-11-16(24-28)21-17-10-6-7-13-27(17)25-22(21)15-8-4-3-5-9-15/h3-13H,2,14H2,1H3. The number of hydrogen-bond acceptors (Lipinski definition) is 6. The molecule has 5 aromatic rings. The molecule has 0 unspecified atom stereocenters. The fraction of sp³-hybridized carbons (Fsp3) is 0.136. The summed E-state index contributed by atoms with van der Waals surface area (Å²) in [6.07, 6.45) is 2.53. The first kappa shape index (κ1) is 18.0. The van der Waals surface area contributed by atoms with Crippen molar-refractivity contribution >= 4 is 5.52 Å². The highest BCUT2D eigenvalue weighted by Crippen LogP contribution is 2.33. The van der Waals surface area contributed by atoms with E-state index in [4.69, 9.17) is 9.62 Å². The maximum atomic E-state index is 12.4. The van der Waals surface area contributed by atoms with Crippen LogP contribution in [0.15, 0.2) is 76.2 Å². The molecule has 8 heteroatoms. The van der Waals surface area contributed by atoms with Gasteiger partial charge in [-0.05, 0) is 18.2 Å². The Hall–Kier alpha value is -4.07. The van der Waals surface area contributed by atoms with Gasteiger partial charge in [0.25, 0.3) is 5.56 Å². The molecule has 0 aliphatic carbocycles. The lowest BCUT2D eigenvalue weighted by Crippen LogP contribution is -2.23. The van der Waals surface area contributed by atoms with Crippen LogP contribution in [0.25, 0.3) is 28.0 Å². The number of aromatic nitrogens is 6. The number of pyridine rings is 1. The van der Waals surface area contributed by atoms with Gasteiger partial charge in [-0.25, -0.2) is 9.20 Å². The summed E-state index contributed by atoms with van der Waals surface area (Å²) in [6.45, 7) is 2.06. The SMILES string of the molecule is CCc1nc(Cn2nc(-c3c(-c4ccccc4)nn4ccccc34)ccc2=O)no1. The average molecular weight is 398 g/mol. The van der Waals surface area contributed by atoms with Crippen molar-refractivity contribution in [3.05, 3.63) is 88.9 Å². The molecule has 30 heavy (non-hydrogen) atoms. The summed E-state index contributed by atoms with van der Waals surface area (Å²) >= 11 is 0. The van der Waals surface area contributed by atoms with Crippen LogP contribution < -0.4 is 5.56 Å². The van der Waals surface area contributed by atoms with Gasteiger partial charge in [0, 0.05) is 24.2 Å². The van der Waals surface area contributed by atoms with Crippen molar-refractivity contribution in [3.63, 3.8) is 0 Å². The van der Waals surface area contributed by atoms with Crippen LogP contribution in [0.1, 0.15) is 18.6 Å². The lowest BCUT2D eigenvalue weighted by molar-refractivity contribution is 0.374.